The number of carbonyl (C=O) groups is 1. The van der Waals surface area contributed by atoms with Gasteiger partial charge in [0.05, 0.1) is 16.6 Å². The van der Waals surface area contributed by atoms with Gasteiger partial charge in [-0.15, -0.1) is 0 Å². The van der Waals surface area contributed by atoms with Crippen LogP contribution in [0.4, 0.5) is 5.13 Å². The SMILES string of the molecule is O=C(Cc1ccc(Cl)nc1)Nc1nc2c(ccc3ccccc32)s1. The van der Waals surface area contributed by atoms with Gasteiger partial charge in [-0.1, -0.05) is 59.3 Å². The van der Waals surface area contributed by atoms with Crippen molar-refractivity contribution < 1.29 is 4.79 Å². The molecule has 2 aromatic carbocycles. The highest BCUT2D eigenvalue weighted by Crippen LogP contribution is 2.31. The topological polar surface area (TPSA) is 54.9 Å². The van der Waals surface area contributed by atoms with Crippen molar-refractivity contribution in [2.24, 2.45) is 0 Å². The number of anilines is 1. The Labute approximate surface area is 147 Å². The van der Waals surface area contributed by atoms with Crippen LogP contribution in [0, 0.1) is 0 Å². The maximum atomic E-state index is 12.2. The molecule has 0 aliphatic rings. The highest BCUT2D eigenvalue weighted by molar-refractivity contribution is 7.22. The third kappa shape index (κ3) is 2.96. The minimum atomic E-state index is -0.123. The minimum Gasteiger partial charge on any atom is -0.302 e. The van der Waals surface area contributed by atoms with Crippen molar-refractivity contribution in [2.45, 2.75) is 6.42 Å². The van der Waals surface area contributed by atoms with Crippen LogP contribution in [-0.4, -0.2) is 15.9 Å². The van der Waals surface area contributed by atoms with Gasteiger partial charge in [-0.05, 0) is 23.1 Å². The number of hydrogen-bond acceptors (Lipinski definition) is 4. The Morgan fingerprint density at radius 1 is 1.12 bits per heavy atom. The van der Waals surface area contributed by atoms with Gasteiger partial charge in [-0.3, -0.25) is 4.79 Å². The third-order valence-corrected chi connectivity index (χ3v) is 4.84. The molecular weight excluding hydrogens is 342 g/mol. The van der Waals surface area contributed by atoms with Crippen LogP contribution in [-0.2, 0) is 11.2 Å². The fourth-order valence-corrected chi connectivity index (χ4v) is 3.58. The van der Waals surface area contributed by atoms with Crippen LogP contribution < -0.4 is 5.32 Å². The number of carbonyl (C=O) groups excluding carboxylic acids is 1. The van der Waals surface area contributed by atoms with Crippen molar-refractivity contribution in [3.05, 3.63) is 65.4 Å². The number of rotatable bonds is 3. The van der Waals surface area contributed by atoms with Crippen molar-refractivity contribution >= 4 is 55.0 Å². The Balaban J connectivity index is 1.59. The molecule has 24 heavy (non-hydrogen) atoms. The summed E-state index contributed by atoms with van der Waals surface area (Å²) in [5, 5.41) is 6.12. The molecule has 0 saturated carbocycles. The number of aromatic nitrogens is 2. The average Bonchev–Trinajstić information content (AvgIpc) is 2.99. The number of benzene rings is 2. The summed E-state index contributed by atoms with van der Waals surface area (Å²) in [6, 6.07) is 15.7. The standard InChI is InChI=1S/C18H12ClN3OS/c19-15-8-5-11(10-20-15)9-16(23)21-18-22-17-13-4-2-1-3-12(13)6-7-14(17)24-18/h1-8,10H,9H2,(H,21,22,23). The maximum Gasteiger partial charge on any atom is 0.230 e. The first kappa shape index (κ1) is 15.1. The monoisotopic (exact) mass is 353 g/mol. The number of amides is 1. The second-order valence-electron chi connectivity index (χ2n) is 5.37. The second kappa shape index (κ2) is 6.19. The summed E-state index contributed by atoms with van der Waals surface area (Å²) in [7, 11) is 0. The van der Waals surface area contributed by atoms with Gasteiger partial charge >= 0.3 is 0 Å². The van der Waals surface area contributed by atoms with Crippen LogP contribution in [0.3, 0.4) is 0 Å². The summed E-state index contributed by atoms with van der Waals surface area (Å²) in [5.74, 6) is -0.123. The molecule has 1 amide bonds. The summed E-state index contributed by atoms with van der Waals surface area (Å²) in [5.41, 5.74) is 1.73. The molecule has 0 aliphatic heterocycles. The largest absolute Gasteiger partial charge is 0.302 e. The summed E-state index contributed by atoms with van der Waals surface area (Å²) in [6.07, 6.45) is 1.84. The lowest BCUT2D eigenvalue weighted by atomic mass is 10.1. The van der Waals surface area contributed by atoms with Gasteiger partial charge in [0.25, 0.3) is 0 Å². The van der Waals surface area contributed by atoms with E-state index < -0.39 is 0 Å². The minimum absolute atomic E-state index is 0.123. The van der Waals surface area contributed by atoms with Gasteiger partial charge in [0.2, 0.25) is 5.91 Å². The van der Waals surface area contributed by atoms with E-state index in [9.17, 15) is 4.79 Å². The molecule has 0 unspecified atom stereocenters. The van der Waals surface area contributed by atoms with E-state index in [2.05, 4.69) is 27.4 Å². The van der Waals surface area contributed by atoms with Crippen LogP contribution in [0.25, 0.3) is 21.0 Å². The number of fused-ring (bicyclic) bond motifs is 3. The summed E-state index contributed by atoms with van der Waals surface area (Å²) in [4.78, 5) is 20.8. The molecule has 118 valence electrons. The molecule has 0 atom stereocenters. The van der Waals surface area contributed by atoms with Crippen LogP contribution in [0.5, 0.6) is 0 Å². The number of hydrogen-bond donors (Lipinski definition) is 1. The van der Waals surface area contributed by atoms with Crippen LogP contribution in [0.15, 0.2) is 54.7 Å². The Morgan fingerprint density at radius 3 is 2.83 bits per heavy atom. The first-order chi connectivity index (χ1) is 11.7. The number of thiazole rings is 1. The molecule has 0 spiro atoms. The Hall–Kier alpha value is -2.50. The average molecular weight is 354 g/mol. The summed E-state index contributed by atoms with van der Waals surface area (Å²) >= 11 is 7.22. The van der Waals surface area contributed by atoms with Crippen molar-refractivity contribution in [3.63, 3.8) is 0 Å². The van der Waals surface area contributed by atoms with Crippen molar-refractivity contribution in [3.8, 4) is 0 Å². The molecule has 4 rings (SSSR count). The zero-order valence-electron chi connectivity index (χ0n) is 12.5. The van der Waals surface area contributed by atoms with Crippen LogP contribution in [0.2, 0.25) is 5.15 Å². The quantitative estimate of drug-likeness (QED) is 0.544. The fraction of sp³-hybridized carbons (Fsp3) is 0.0556. The molecule has 0 aliphatic carbocycles. The van der Waals surface area contributed by atoms with Gasteiger partial charge in [-0.25, -0.2) is 9.97 Å². The van der Waals surface area contributed by atoms with Crippen molar-refractivity contribution in [2.75, 3.05) is 5.32 Å². The zero-order chi connectivity index (χ0) is 16.5. The van der Waals surface area contributed by atoms with Gasteiger partial charge in [0.1, 0.15) is 5.15 Å². The second-order valence-corrected chi connectivity index (χ2v) is 6.78. The molecule has 1 N–H and O–H groups in total. The first-order valence-electron chi connectivity index (χ1n) is 7.37. The third-order valence-electron chi connectivity index (χ3n) is 3.68. The lowest BCUT2D eigenvalue weighted by Crippen LogP contribution is -2.14. The highest BCUT2D eigenvalue weighted by Gasteiger charge is 2.11. The molecule has 4 aromatic rings. The molecular formula is C18H12ClN3OS. The lowest BCUT2D eigenvalue weighted by Gasteiger charge is -2.01. The van der Waals surface area contributed by atoms with E-state index in [0.717, 1.165) is 26.6 Å². The van der Waals surface area contributed by atoms with Crippen molar-refractivity contribution in [1.29, 1.82) is 0 Å². The first-order valence-corrected chi connectivity index (χ1v) is 8.57. The van der Waals surface area contributed by atoms with E-state index in [1.807, 2.05) is 24.3 Å². The molecule has 0 bridgehead atoms. The van der Waals surface area contributed by atoms with Crippen molar-refractivity contribution in [1.82, 2.24) is 9.97 Å². The zero-order valence-corrected chi connectivity index (χ0v) is 14.1. The van der Waals surface area contributed by atoms with Gasteiger partial charge in [0.15, 0.2) is 5.13 Å². The molecule has 2 aromatic heterocycles. The van der Waals surface area contributed by atoms with Gasteiger partial charge in [-0.2, -0.15) is 0 Å². The Morgan fingerprint density at radius 2 is 2.00 bits per heavy atom. The summed E-state index contributed by atoms with van der Waals surface area (Å²) < 4.78 is 1.05. The number of pyridine rings is 1. The highest BCUT2D eigenvalue weighted by atomic mass is 35.5. The normalized spacial score (nSPS) is 11.0. The number of nitrogens with zero attached hydrogens (tertiary/aromatic N) is 2. The van der Waals surface area contributed by atoms with Crippen LogP contribution >= 0.6 is 22.9 Å². The maximum absolute atomic E-state index is 12.2. The van der Waals surface area contributed by atoms with E-state index in [1.165, 1.54) is 11.3 Å². The van der Waals surface area contributed by atoms with E-state index >= 15 is 0 Å². The van der Waals surface area contributed by atoms with E-state index in [0.29, 0.717) is 10.3 Å². The summed E-state index contributed by atoms with van der Waals surface area (Å²) in [6.45, 7) is 0. The molecule has 6 heteroatoms. The van der Waals surface area contributed by atoms with E-state index in [-0.39, 0.29) is 12.3 Å². The molecule has 0 saturated heterocycles. The van der Waals surface area contributed by atoms with Crippen LogP contribution in [0.1, 0.15) is 5.56 Å². The van der Waals surface area contributed by atoms with Gasteiger partial charge < -0.3 is 5.32 Å². The van der Waals surface area contributed by atoms with Gasteiger partial charge in [0, 0.05) is 11.6 Å². The van der Waals surface area contributed by atoms with E-state index in [1.54, 1.807) is 18.3 Å². The fourth-order valence-electron chi connectivity index (χ4n) is 2.57. The molecule has 2 heterocycles. The predicted molar refractivity (Wildman–Crippen MR) is 98.7 cm³/mol. The molecule has 0 radical (unpaired) electrons. The predicted octanol–water partition coefficient (Wildman–Crippen LogP) is 4.68. The Bertz CT molecular complexity index is 1040. The lowest BCUT2D eigenvalue weighted by molar-refractivity contribution is -0.115. The Kier molecular flexibility index (Phi) is 3.88. The molecule has 0 fully saturated rings. The number of halogens is 1. The smallest absolute Gasteiger partial charge is 0.230 e. The molecule has 4 nitrogen and oxygen atoms in total. The number of nitrogens with one attached hydrogen (secondary N) is 1. The van der Waals surface area contributed by atoms with E-state index in [4.69, 9.17) is 11.6 Å².